The maximum absolute atomic E-state index is 13.1. The van der Waals surface area contributed by atoms with Gasteiger partial charge in [-0.1, -0.05) is 17.7 Å². The molecule has 0 N–H and O–H groups in total. The van der Waals surface area contributed by atoms with E-state index in [1.165, 1.54) is 6.42 Å². The Kier molecular flexibility index (Phi) is 6.16. The average molecular weight is 419 g/mol. The van der Waals surface area contributed by atoms with Crippen molar-refractivity contribution in [3.63, 3.8) is 0 Å². The molecule has 3 aromatic rings. The van der Waals surface area contributed by atoms with Crippen LogP contribution in [0.5, 0.6) is 0 Å². The van der Waals surface area contributed by atoms with Gasteiger partial charge in [-0.25, -0.2) is 4.98 Å². The molecule has 0 spiro atoms. The highest BCUT2D eigenvalue weighted by Gasteiger charge is 2.24. The number of carbonyl (C=O) groups is 1. The highest BCUT2D eigenvalue weighted by atomic mass is 35.5. The summed E-state index contributed by atoms with van der Waals surface area (Å²) in [5.41, 5.74) is 2.54. The van der Waals surface area contributed by atoms with Gasteiger partial charge in [0.15, 0.2) is 0 Å². The zero-order valence-electron chi connectivity index (χ0n) is 16.1. The van der Waals surface area contributed by atoms with Crippen molar-refractivity contribution in [1.82, 2.24) is 14.5 Å². The topological polar surface area (TPSA) is 41.4 Å². The number of amides is 1. The quantitative estimate of drug-likeness (QED) is 0.597. The van der Waals surface area contributed by atoms with Gasteiger partial charge in [0.25, 0.3) is 5.91 Å². The second kappa shape index (κ2) is 8.41. The van der Waals surface area contributed by atoms with E-state index in [0.717, 1.165) is 48.3 Å². The van der Waals surface area contributed by atoms with Gasteiger partial charge in [0, 0.05) is 55.7 Å². The van der Waals surface area contributed by atoms with Gasteiger partial charge in [0.1, 0.15) is 5.82 Å². The molecule has 0 aliphatic carbocycles. The van der Waals surface area contributed by atoms with Crippen molar-refractivity contribution < 1.29 is 4.79 Å². The number of nitrogens with zero attached hydrogens (tertiary/aromatic N) is 4. The number of fused-ring (bicyclic) bond motifs is 1. The number of hydrogen-bond acceptors (Lipinski definition) is 3. The smallest absolute Gasteiger partial charge is 0.257 e. The number of aryl methyl sites for hydroxylation is 1. The predicted molar refractivity (Wildman–Crippen MR) is 117 cm³/mol. The van der Waals surface area contributed by atoms with Crippen molar-refractivity contribution in [2.45, 2.75) is 19.3 Å². The van der Waals surface area contributed by atoms with Crippen molar-refractivity contribution in [2.75, 3.05) is 25.0 Å². The summed E-state index contributed by atoms with van der Waals surface area (Å²) in [4.78, 5) is 21.7. The maximum atomic E-state index is 13.1. The number of halogens is 2. The van der Waals surface area contributed by atoms with Crippen molar-refractivity contribution in [3.8, 4) is 0 Å². The predicted octanol–water partition coefficient (Wildman–Crippen LogP) is 5.04. The lowest BCUT2D eigenvalue weighted by molar-refractivity contribution is 0.0725. The molecule has 3 heterocycles. The Bertz CT molecular complexity index is 995. The molecule has 2 aromatic heterocycles. The van der Waals surface area contributed by atoms with Crippen LogP contribution in [0.2, 0.25) is 5.02 Å². The van der Waals surface area contributed by atoms with Gasteiger partial charge in [-0.05, 0) is 43.5 Å². The molecule has 7 heteroatoms. The molecule has 0 unspecified atom stereocenters. The molecule has 1 fully saturated rings. The first-order chi connectivity index (χ1) is 13.1. The van der Waals surface area contributed by atoms with E-state index in [2.05, 4.69) is 4.98 Å². The van der Waals surface area contributed by atoms with Gasteiger partial charge < -0.3 is 14.4 Å². The van der Waals surface area contributed by atoms with Crippen LogP contribution in [0, 0.1) is 0 Å². The van der Waals surface area contributed by atoms with Crippen molar-refractivity contribution >= 4 is 52.3 Å². The largest absolute Gasteiger partial charge is 0.350 e. The van der Waals surface area contributed by atoms with Crippen LogP contribution in [0.15, 0.2) is 42.7 Å². The van der Waals surface area contributed by atoms with Crippen LogP contribution in [-0.4, -0.2) is 40.5 Å². The van der Waals surface area contributed by atoms with Crippen LogP contribution in [0.25, 0.3) is 10.9 Å². The maximum Gasteiger partial charge on any atom is 0.257 e. The Morgan fingerprint density at radius 2 is 1.93 bits per heavy atom. The number of pyridine rings is 1. The SMILES string of the molecule is CN(c1cccc(Cl)c1)c1ncc(C(=O)N2CCCCC2)c2c1ccn2C.Cl. The number of rotatable bonds is 3. The van der Waals surface area contributed by atoms with Crippen LogP contribution in [-0.2, 0) is 7.05 Å². The minimum atomic E-state index is 0. The van der Waals surface area contributed by atoms with E-state index in [4.69, 9.17) is 11.6 Å². The molecular formula is C21H24Cl2N4O. The monoisotopic (exact) mass is 418 g/mol. The zero-order valence-corrected chi connectivity index (χ0v) is 17.6. The molecule has 148 valence electrons. The van der Waals surface area contributed by atoms with Gasteiger partial charge >= 0.3 is 0 Å². The fourth-order valence-corrected chi connectivity index (χ4v) is 3.98. The van der Waals surface area contributed by atoms with E-state index >= 15 is 0 Å². The number of hydrogen-bond donors (Lipinski definition) is 0. The summed E-state index contributed by atoms with van der Waals surface area (Å²) in [6.45, 7) is 1.66. The Hall–Kier alpha value is -2.24. The van der Waals surface area contributed by atoms with Crippen LogP contribution >= 0.6 is 24.0 Å². The van der Waals surface area contributed by atoms with E-state index in [0.29, 0.717) is 10.6 Å². The highest BCUT2D eigenvalue weighted by molar-refractivity contribution is 6.30. The minimum Gasteiger partial charge on any atom is -0.350 e. The summed E-state index contributed by atoms with van der Waals surface area (Å²) in [6.07, 6.45) is 7.05. The molecule has 0 radical (unpaired) electrons. The van der Waals surface area contributed by atoms with E-state index in [9.17, 15) is 4.79 Å². The summed E-state index contributed by atoms with van der Waals surface area (Å²) in [5.74, 6) is 0.883. The summed E-state index contributed by atoms with van der Waals surface area (Å²) in [7, 11) is 3.94. The molecule has 0 bridgehead atoms. The summed E-state index contributed by atoms with van der Waals surface area (Å²) in [5, 5.41) is 1.64. The Morgan fingerprint density at radius 1 is 1.18 bits per heavy atom. The number of benzene rings is 1. The Balaban J connectivity index is 0.00000225. The third-order valence-corrected chi connectivity index (χ3v) is 5.51. The first-order valence-electron chi connectivity index (χ1n) is 9.29. The second-order valence-electron chi connectivity index (χ2n) is 7.08. The lowest BCUT2D eigenvalue weighted by atomic mass is 10.1. The molecule has 1 aliphatic heterocycles. The Morgan fingerprint density at radius 3 is 2.64 bits per heavy atom. The Labute approximate surface area is 176 Å². The summed E-state index contributed by atoms with van der Waals surface area (Å²) in [6, 6.07) is 9.70. The number of carbonyl (C=O) groups excluding carboxylic acids is 1. The lowest BCUT2D eigenvalue weighted by Gasteiger charge is -2.27. The van der Waals surface area contributed by atoms with Crippen LogP contribution in [0.3, 0.4) is 0 Å². The van der Waals surface area contributed by atoms with Crippen molar-refractivity contribution in [1.29, 1.82) is 0 Å². The average Bonchev–Trinajstić information content (AvgIpc) is 3.09. The highest BCUT2D eigenvalue weighted by Crippen LogP contribution is 2.33. The van der Waals surface area contributed by atoms with E-state index in [1.807, 2.05) is 65.0 Å². The van der Waals surface area contributed by atoms with Gasteiger partial charge in [0.05, 0.1) is 11.1 Å². The molecule has 28 heavy (non-hydrogen) atoms. The molecule has 1 aliphatic rings. The van der Waals surface area contributed by atoms with Gasteiger partial charge in [-0.2, -0.15) is 0 Å². The fourth-order valence-electron chi connectivity index (χ4n) is 3.80. The molecular weight excluding hydrogens is 395 g/mol. The standard InChI is InChI=1S/C21H23ClN4O.ClH/c1-24-12-9-17-19(24)18(21(27)26-10-4-3-5-11-26)14-23-20(17)25(2)16-8-6-7-15(22)13-16;/h6-9,12-14H,3-5,10-11H2,1-2H3;1H. The van der Waals surface area contributed by atoms with E-state index < -0.39 is 0 Å². The molecule has 4 rings (SSSR count). The number of likely N-dealkylation sites (tertiary alicyclic amines) is 1. The first-order valence-corrected chi connectivity index (χ1v) is 9.66. The normalized spacial score (nSPS) is 14.0. The molecule has 1 amide bonds. The molecule has 1 saturated heterocycles. The number of piperidine rings is 1. The number of aromatic nitrogens is 2. The van der Waals surface area contributed by atoms with Crippen LogP contribution in [0.4, 0.5) is 11.5 Å². The molecule has 5 nitrogen and oxygen atoms in total. The third-order valence-electron chi connectivity index (χ3n) is 5.27. The van der Waals surface area contributed by atoms with Crippen LogP contribution < -0.4 is 4.90 Å². The second-order valence-corrected chi connectivity index (χ2v) is 7.51. The summed E-state index contributed by atoms with van der Waals surface area (Å²) >= 11 is 6.15. The van der Waals surface area contributed by atoms with E-state index in [1.54, 1.807) is 6.20 Å². The van der Waals surface area contributed by atoms with Crippen molar-refractivity contribution in [3.05, 3.63) is 53.3 Å². The van der Waals surface area contributed by atoms with Gasteiger partial charge in [-0.15, -0.1) is 12.4 Å². The molecule has 0 saturated carbocycles. The summed E-state index contributed by atoms with van der Waals surface area (Å²) < 4.78 is 2.00. The fraction of sp³-hybridized carbons (Fsp3) is 0.333. The lowest BCUT2D eigenvalue weighted by Crippen LogP contribution is -2.36. The minimum absolute atomic E-state index is 0. The van der Waals surface area contributed by atoms with E-state index in [-0.39, 0.29) is 18.3 Å². The van der Waals surface area contributed by atoms with Crippen molar-refractivity contribution in [2.24, 2.45) is 7.05 Å². The molecule has 0 atom stereocenters. The third kappa shape index (κ3) is 3.69. The van der Waals surface area contributed by atoms with Gasteiger partial charge in [0.2, 0.25) is 0 Å². The zero-order chi connectivity index (χ0) is 19.0. The van der Waals surface area contributed by atoms with Crippen LogP contribution in [0.1, 0.15) is 29.6 Å². The van der Waals surface area contributed by atoms with Gasteiger partial charge in [-0.3, -0.25) is 4.79 Å². The molecule has 1 aromatic carbocycles. The first kappa shape index (κ1) is 20.5. The number of anilines is 2.